The second-order valence-electron chi connectivity index (χ2n) is 38.3. The topological polar surface area (TPSA) is 251 Å². The van der Waals surface area contributed by atoms with Crippen LogP contribution in [0.4, 0.5) is 9.59 Å². The van der Waals surface area contributed by atoms with Gasteiger partial charge in [0, 0.05) is 67.8 Å². The third kappa shape index (κ3) is 18.0. The lowest BCUT2D eigenvalue weighted by molar-refractivity contribution is -0.300. The van der Waals surface area contributed by atoms with E-state index in [0.29, 0.717) is 25.7 Å². The Hall–Kier alpha value is -4.94. The van der Waals surface area contributed by atoms with Gasteiger partial charge in [-0.2, -0.15) is 0 Å². The van der Waals surface area contributed by atoms with Crippen molar-refractivity contribution >= 4 is 47.1 Å². The van der Waals surface area contributed by atoms with E-state index in [9.17, 15) is 28.8 Å². The molecule has 0 spiro atoms. The first-order valence-corrected chi connectivity index (χ1v) is 41.8. The van der Waals surface area contributed by atoms with Crippen LogP contribution in [0.5, 0.6) is 0 Å². The van der Waals surface area contributed by atoms with Crippen molar-refractivity contribution in [3.05, 3.63) is 12.2 Å². The van der Waals surface area contributed by atoms with Crippen molar-refractivity contribution in [2.45, 2.75) is 388 Å². The molecular weight excluding hydrogens is 1430 g/mol. The molecule has 6 fully saturated rings. The summed E-state index contributed by atoms with van der Waals surface area (Å²) in [5.74, 6) is 1.45. The smallest absolute Gasteiger partial charge is 0.411 e. The van der Waals surface area contributed by atoms with Crippen molar-refractivity contribution in [3.8, 4) is 11.8 Å². The van der Waals surface area contributed by atoms with Gasteiger partial charge < -0.3 is 66.6 Å². The molecule has 112 heavy (non-hydrogen) atoms. The summed E-state index contributed by atoms with van der Waals surface area (Å²) in [7, 11) is 11.3. The van der Waals surface area contributed by atoms with Crippen LogP contribution in [0.2, 0.25) is 0 Å². The maximum atomic E-state index is 15.0. The number of carbonyl (C=O) groups is 6. The first kappa shape index (κ1) is 94.2. The van der Waals surface area contributed by atoms with Gasteiger partial charge in [0.25, 0.3) is 0 Å². The highest BCUT2D eigenvalue weighted by Gasteiger charge is 2.69. The molecular formula is C88H148N6O18. The zero-order valence-corrected chi connectivity index (χ0v) is 75.2. The van der Waals surface area contributed by atoms with Gasteiger partial charge in [0.2, 0.25) is 0 Å². The molecule has 4 bridgehead atoms. The molecule has 2 amide bonds. The molecule has 638 valence electrons. The summed E-state index contributed by atoms with van der Waals surface area (Å²) in [5.41, 5.74) is -9.26. The maximum absolute atomic E-state index is 15.0. The highest BCUT2D eigenvalue weighted by atomic mass is 16.7. The monoisotopic (exact) mass is 1580 g/mol. The summed E-state index contributed by atoms with van der Waals surface area (Å²) >= 11 is 0. The number of likely N-dealkylation sites (N-methyl/N-ethyl adjacent to an activating group) is 2. The molecule has 0 aromatic carbocycles. The minimum Gasteiger partial charge on any atom is -0.457 e. The number of rotatable bonds is 18. The number of methoxy groups -OCH3 is 2. The summed E-state index contributed by atoms with van der Waals surface area (Å²) in [6.45, 7) is 54.9. The summed E-state index contributed by atoms with van der Waals surface area (Å²) in [6.07, 6.45) is 3.24. The Kier molecular flexibility index (Phi) is 30.0. The molecule has 24 nitrogen and oxygen atoms in total. The van der Waals surface area contributed by atoms with Crippen LogP contribution in [0.25, 0.3) is 0 Å². The number of carbonyl (C=O) groups excluding carboxylic acids is 6. The summed E-state index contributed by atoms with van der Waals surface area (Å²) in [6, 6.07) is -1.13. The van der Waals surface area contributed by atoms with Crippen molar-refractivity contribution < 1.29 is 85.6 Å². The number of hydrogen-bond acceptors (Lipinski definition) is 22. The summed E-state index contributed by atoms with van der Waals surface area (Å²) in [5, 5.41) is 0. The minimum atomic E-state index is -1.61. The number of amides is 2. The Balaban J connectivity index is 0.000000311. The number of esters is 2. The Morgan fingerprint density at radius 3 is 1.22 bits per heavy atom. The van der Waals surface area contributed by atoms with Gasteiger partial charge in [0.05, 0.1) is 76.5 Å². The highest BCUT2D eigenvalue weighted by molar-refractivity contribution is 6.05. The molecule has 0 aromatic rings. The van der Waals surface area contributed by atoms with E-state index in [2.05, 4.69) is 83.1 Å². The molecule has 0 aliphatic carbocycles. The van der Waals surface area contributed by atoms with Crippen molar-refractivity contribution in [2.24, 2.45) is 56.3 Å². The van der Waals surface area contributed by atoms with Crippen LogP contribution >= 0.6 is 0 Å². The predicted molar refractivity (Wildman–Crippen MR) is 434 cm³/mol. The SMILES string of the molecule is CCC/C=C\CO[C@@]1(C)C[C@@H](C)C2=NC(C)(C)C(C)(C)N3C(=O)O[C@](C)([C@@H](CC)OC(=O)C(C)(C)C(=O)[C@H](C)[C@H]1O[C@@H]1O[C@H](C)C[C@H](N(C)C)[C@H]1OC)[C@H]3[C@H]2C.CCCC#CCO[C@@]1(C)C[C@@H](C)C2=NC(C)(C)C(C)(C)N3C(=O)O[C@](C)([C@@H](CC)OC(=O)C(C)(C)C(=O)[C@H](C)[C@H]1O[C@@H]1O[C@H](C)C[C@H](N(C)C)[C@H]1OC)[C@H]3[C@H]2C. The van der Waals surface area contributed by atoms with E-state index in [4.69, 9.17) is 66.8 Å². The molecule has 24 heteroatoms. The highest BCUT2D eigenvalue weighted by Crippen LogP contribution is 2.54. The first-order valence-electron chi connectivity index (χ1n) is 41.8. The van der Waals surface area contributed by atoms with Crippen LogP contribution < -0.4 is 0 Å². The van der Waals surface area contributed by atoms with Gasteiger partial charge in [-0.1, -0.05) is 93.7 Å². The van der Waals surface area contributed by atoms with Crippen LogP contribution in [-0.4, -0.2) is 252 Å². The quantitative estimate of drug-likeness (QED) is 0.0406. The molecule has 8 heterocycles. The lowest BCUT2D eigenvalue weighted by Crippen LogP contribution is -2.64. The van der Waals surface area contributed by atoms with E-state index in [1.54, 1.807) is 48.8 Å². The van der Waals surface area contributed by atoms with Gasteiger partial charge in [-0.05, 0) is 216 Å². The van der Waals surface area contributed by atoms with E-state index < -0.39 is 153 Å². The number of hydrogen-bond donors (Lipinski definition) is 0. The van der Waals surface area contributed by atoms with Gasteiger partial charge in [-0.15, -0.1) is 5.92 Å². The zero-order chi connectivity index (χ0) is 84.7. The van der Waals surface area contributed by atoms with Gasteiger partial charge in [0.15, 0.2) is 35.3 Å². The van der Waals surface area contributed by atoms with Gasteiger partial charge >= 0.3 is 24.1 Å². The lowest BCUT2D eigenvalue weighted by Gasteiger charge is -2.49. The Labute approximate surface area is 673 Å². The van der Waals surface area contributed by atoms with Crippen molar-refractivity contribution in [3.63, 3.8) is 0 Å². The number of allylic oxidation sites excluding steroid dienone is 1. The first-order chi connectivity index (χ1) is 51.7. The van der Waals surface area contributed by atoms with Crippen molar-refractivity contribution in [2.75, 3.05) is 55.6 Å². The van der Waals surface area contributed by atoms with Crippen LogP contribution in [0, 0.1) is 58.2 Å². The minimum absolute atomic E-state index is 0.0147. The molecule has 24 atom stereocenters. The molecule has 0 saturated carbocycles. The molecule has 8 rings (SSSR count). The van der Waals surface area contributed by atoms with E-state index in [1.165, 1.54) is 0 Å². The number of cyclic esters (lactones) is 2. The average molecular weight is 1580 g/mol. The van der Waals surface area contributed by atoms with E-state index in [1.807, 2.05) is 148 Å². The van der Waals surface area contributed by atoms with Crippen molar-refractivity contribution in [1.82, 2.24) is 19.6 Å². The number of ether oxygens (including phenoxy) is 12. The summed E-state index contributed by atoms with van der Waals surface area (Å²) in [4.78, 5) is 106. The van der Waals surface area contributed by atoms with E-state index in [0.717, 1.165) is 49.9 Å². The van der Waals surface area contributed by atoms with Crippen LogP contribution in [0.15, 0.2) is 22.1 Å². The van der Waals surface area contributed by atoms with Crippen LogP contribution in [0.1, 0.15) is 258 Å². The fourth-order valence-electron chi connectivity index (χ4n) is 19.6. The van der Waals surface area contributed by atoms with Gasteiger partial charge in [-0.25, -0.2) is 9.59 Å². The number of aliphatic imine (C=N–C) groups is 2. The number of ketones is 2. The predicted octanol–water partition coefficient (Wildman–Crippen LogP) is 14.3. The molecule has 0 radical (unpaired) electrons. The zero-order valence-electron chi connectivity index (χ0n) is 75.2. The molecule has 0 unspecified atom stereocenters. The molecule has 8 aliphatic heterocycles. The summed E-state index contributed by atoms with van der Waals surface area (Å²) < 4.78 is 78.8. The number of unbranched alkanes of at least 4 members (excludes halogenated alkanes) is 2. The van der Waals surface area contributed by atoms with Crippen LogP contribution in [0.3, 0.4) is 0 Å². The maximum Gasteiger partial charge on any atom is 0.411 e. The lowest BCUT2D eigenvalue weighted by atomic mass is 9.71. The Morgan fingerprint density at radius 1 is 0.509 bits per heavy atom. The third-order valence-corrected chi connectivity index (χ3v) is 27.5. The standard InChI is InChI=1S/C44H75N3O9.C44H73N3O9/c2*1-18-20-21-22-23-52-43(13)25-26(3)32-28(5)34-44(14,56-39(50)47(34)42(11,12)41(9,10)45-32)31(19-2)54-38(49)40(7,8)35(48)29(6)36(43)55-37-33(51-17)30(46(15)16)24-27(4)53-37/h21-22,26-31,33-34,36-37H,18-20,23-25H2,1-17H3;26-31,33-34,36-37H,18-20,23-25H2,1-17H3/b22-21-;/t2*26-,27-,28+,29+,30+,31-,33-,34-,36-,37+,43+,44-/m11/s1. The average Bonchev–Trinajstić information content (AvgIpc) is 1.55. The van der Waals surface area contributed by atoms with Gasteiger partial charge in [0.1, 0.15) is 41.9 Å². The molecule has 0 aromatic heterocycles. The fourth-order valence-corrected chi connectivity index (χ4v) is 19.6. The largest absolute Gasteiger partial charge is 0.457 e. The molecule has 6 saturated heterocycles. The Morgan fingerprint density at radius 2 is 0.884 bits per heavy atom. The number of nitrogens with zero attached hydrogens (tertiary/aromatic N) is 6. The van der Waals surface area contributed by atoms with Crippen LogP contribution in [-0.2, 0) is 76.0 Å². The second kappa shape index (κ2) is 35.7. The number of Topliss-reactive ketones (excluding diaryl/α,β-unsaturated/α-hetero) is 2. The van der Waals surface area contributed by atoms with Crippen molar-refractivity contribution in [1.29, 1.82) is 0 Å². The normalized spacial score (nSPS) is 40.0. The number of fused-ring (bicyclic) bond motifs is 2. The van der Waals surface area contributed by atoms with E-state index in [-0.39, 0.29) is 72.7 Å². The van der Waals surface area contributed by atoms with E-state index >= 15 is 0 Å². The second-order valence-corrected chi connectivity index (χ2v) is 38.3. The molecule has 0 N–H and O–H groups in total. The third-order valence-electron chi connectivity index (χ3n) is 27.5. The fraction of sp³-hybridized carbons (Fsp3) is 0.864. The molecule has 8 aliphatic rings. The Bertz CT molecular complexity index is 3480. The van der Waals surface area contributed by atoms with Gasteiger partial charge in [-0.3, -0.25) is 39.0 Å².